The minimum absolute atomic E-state index is 0.179. The van der Waals surface area contributed by atoms with Gasteiger partial charge in [-0.15, -0.1) is 0 Å². The zero-order valence-corrected chi connectivity index (χ0v) is 15.9. The third kappa shape index (κ3) is 3.72. The molecule has 0 amide bonds. The fourth-order valence-electron chi connectivity index (χ4n) is 3.19. The SMILES string of the molecule is Cc1ccc(C)c(COc2ccc3c(C)c(CC(=O)O)c(=O)oc3c2C)c1. The molecule has 0 spiro atoms. The number of hydrogen-bond acceptors (Lipinski definition) is 4. The van der Waals surface area contributed by atoms with E-state index < -0.39 is 11.6 Å². The topological polar surface area (TPSA) is 76.7 Å². The lowest BCUT2D eigenvalue weighted by atomic mass is 10.0. The molecule has 0 aliphatic carbocycles. The zero-order valence-electron chi connectivity index (χ0n) is 15.9. The molecule has 3 aromatic rings. The van der Waals surface area contributed by atoms with Crippen LogP contribution in [0.25, 0.3) is 11.0 Å². The number of benzene rings is 2. The lowest BCUT2D eigenvalue weighted by Gasteiger charge is -2.14. The minimum Gasteiger partial charge on any atom is -0.488 e. The number of rotatable bonds is 5. The second kappa shape index (κ2) is 7.27. The van der Waals surface area contributed by atoms with Crippen LogP contribution in [-0.4, -0.2) is 11.1 Å². The summed E-state index contributed by atoms with van der Waals surface area (Å²) in [7, 11) is 0. The van der Waals surface area contributed by atoms with Crippen LogP contribution in [0.15, 0.2) is 39.5 Å². The van der Waals surface area contributed by atoms with E-state index in [0.717, 1.165) is 22.1 Å². The summed E-state index contributed by atoms with van der Waals surface area (Å²) < 4.78 is 11.4. The van der Waals surface area contributed by atoms with E-state index >= 15 is 0 Å². The average Bonchev–Trinajstić information content (AvgIpc) is 2.61. The van der Waals surface area contributed by atoms with Crippen molar-refractivity contribution in [1.82, 2.24) is 0 Å². The molecule has 0 unspecified atom stereocenters. The Balaban J connectivity index is 1.99. The minimum atomic E-state index is -1.06. The monoisotopic (exact) mass is 366 g/mol. The highest BCUT2D eigenvalue weighted by Crippen LogP contribution is 2.30. The first-order chi connectivity index (χ1) is 12.8. The second-order valence-corrected chi connectivity index (χ2v) is 6.85. The van der Waals surface area contributed by atoms with Crippen molar-refractivity contribution in [2.24, 2.45) is 0 Å². The number of carboxylic acids is 1. The zero-order chi connectivity index (χ0) is 19.7. The summed E-state index contributed by atoms with van der Waals surface area (Å²) in [5.74, 6) is -0.424. The van der Waals surface area contributed by atoms with Crippen molar-refractivity contribution in [3.63, 3.8) is 0 Å². The van der Waals surface area contributed by atoms with Crippen LogP contribution in [0, 0.1) is 27.7 Å². The molecule has 1 heterocycles. The molecule has 0 saturated heterocycles. The van der Waals surface area contributed by atoms with Crippen molar-refractivity contribution in [3.8, 4) is 5.75 Å². The van der Waals surface area contributed by atoms with Crippen molar-refractivity contribution in [2.45, 2.75) is 40.7 Å². The Bertz CT molecular complexity index is 1090. The molecule has 140 valence electrons. The molecular weight excluding hydrogens is 344 g/mol. The maximum Gasteiger partial charge on any atom is 0.340 e. The first-order valence-corrected chi connectivity index (χ1v) is 8.74. The smallest absolute Gasteiger partial charge is 0.340 e. The highest BCUT2D eigenvalue weighted by atomic mass is 16.5. The van der Waals surface area contributed by atoms with Crippen molar-refractivity contribution in [3.05, 3.63) is 74.1 Å². The number of aliphatic carboxylic acids is 1. The van der Waals surface area contributed by atoms with Gasteiger partial charge in [-0.25, -0.2) is 4.79 Å². The lowest BCUT2D eigenvalue weighted by Crippen LogP contribution is -2.15. The number of fused-ring (bicyclic) bond motifs is 1. The van der Waals surface area contributed by atoms with Gasteiger partial charge < -0.3 is 14.3 Å². The van der Waals surface area contributed by atoms with Gasteiger partial charge in [-0.3, -0.25) is 4.79 Å². The fraction of sp³-hybridized carbons (Fsp3) is 0.273. The van der Waals surface area contributed by atoms with Gasteiger partial charge in [0, 0.05) is 10.9 Å². The van der Waals surface area contributed by atoms with E-state index in [-0.39, 0.29) is 12.0 Å². The highest BCUT2D eigenvalue weighted by molar-refractivity contribution is 5.86. The quantitative estimate of drug-likeness (QED) is 0.684. The maximum atomic E-state index is 12.2. The summed E-state index contributed by atoms with van der Waals surface area (Å²) >= 11 is 0. The first kappa shape index (κ1) is 18.7. The number of ether oxygens (including phenoxy) is 1. The molecule has 1 aromatic heterocycles. The Kier molecular flexibility index (Phi) is 5.04. The van der Waals surface area contributed by atoms with E-state index in [1.54, 1.807) is 6.92 Å². The van der Waals surface area contributed by atoms with Crippen molar-refractivity contribution in [1.29, 1.82) is 0 Å². The van der Waals surface area contributed by atoms with Gasteiger partial charge in [0.15, 0.2) is 0 Å². The summed E-state index contributed by atoms with van der Waals surface area (Å²) in [4.78, 5) is 23.2. The fourth-order valence-corrected chi connectivity index (χ4v) is 3.19. The number of carbonyl (C=O) groups is 1. The summed E-state index contributed by atoms with van der Waals surface area (Å²) in [5.41, 5.74) is 4.78. The van der Waals surface area contributed by atoms with Crippen LogP contribution < -0.4 is 10.4 Å². The van der Waals surface area contributed by atoms with Crippen LogP contribution in [0.4, 0.5) is 0 Å². The van der Waals surface area contributed by atoms with E-state index in [9.17, 15) is 9.59 Å². The molecular formula is C22H22O5. The average molecular weight is 366 g/mol. The van der Waals surface area contributed by atoms with Crippen LogP contribution in [0.2, 0.25) is 0 Å². The number of hydrogen-bond donors (Lipinski definition) is 1. The van der Waals surface area contributed by atoms with E-state index in [4.69, 9.17) is 14.3 Å². The van der Waals surface area contributed by atoms with Crippen LogP contribution in [0.3, 0.4) is 0 Å². The molecule has 2 aromatic carbocycles. The first-order valence-electron chi connectivity index (χ1n) is 8.74. The Morgan fingerprint density at radius 2 is 1.81 bits per heavy atom. The van der Waals surface area contributed by atoms with Gasteiger partial charge in [0.05, 0.1) is 12.0 Å². The molecule has 0 bridgehead atoms. The molecule has 0 radical (unpaired) electrons. The number of aryl methyl sites for hydroxylation is 4. The standard InChI is InChI=1S/C22H22O5/c1-12-5-6-13(2)16(9-12)11-26-19-8-7-17-14(3)18(10-20(23)24)22(25)27-21(17)15(19)4/h5-9H,10-11H2,1-4H3,(H,23,24). The van der Waals surface area contributed by atoms with Gasteiger partial charge in [0.1, 0.15) is 17.9 Å². The van der Waals surface area contributed by atoms with Gasteiger partial charge in [0.2, 0.25) is 0 Å². The molecule has 0 fully saturated rings. The molecule has 27 heavy (non-hydrogen) atoms. The predicted octanol–water partition coefficient (Wildman–Crippen LogP) is 4.23. The van der Waals surface area contributed by atoms with Crippen LogP contribution in [0.1, 0.15) is 33.4 Å². The molecule has 0 aliphatic heterocycles. The summed E-state index contributed by atoms with van der Waals surface area (Å²) in [5, 5.41) is 9.73. The van der Waals surface area contributed by atoms with Gasteiger partial charge in [-0.2, -0.15) is 0 Å². The molecule has 0 atom stereocenters. The van der Waals surface area contributed by atoms with E-state index in [2.05, 4.69) is 18.2 Å². The largest absolute Gasteiger partial charge is 0.488 e. The van der Waals surface area contributed by atoms with E-state index in [1.807, 2.05) is 32.9 Å². The maximum absolute atomic E-state index is 12.2. The molecule has 1 N–H and O–H groups in total. The summed E-state index contributed by atoms with van der Waals surface area (Å²) in [6.07, 6.45) is -0.353. The second-order valence-electron chi connectivity index (χ2n) is 6.85. The van der Waals surface area contributed by atoms with Crippen LogP contribution in [0.5, 0.6) is 5.75 Å². The molecule has 0 aliphatic rings. The summed E-state index contributed by atoms with van der Waals surface area (Å²) in [6.45, 7) is 8.07. The molecule has 5 heteroatoms. The number of carboxylic acid groups (broad SMARTS) is 1. The summed E-state index contributed by atoms with van der Waals surface area (Å²) in [6, 6.07) is 9.86. The lowest BCUT2D eigenvalue weighted by molar-refractivity contribution is -0.136. The molecule has 3 rings (SSSR count). The van der Waals surface area contributed by atoms with Crippen LogP contribution >= 0.6 is 0 Å². The molecule has 0 saturated carbocycles. The van der Waals surface area contributed by atoms with E-state index in [0.29, 0.717) is 23.5 Å². The Labute approximate surface area is 157 Å². The Hall–Kier alpha value is -3.08. The van der Waals surface area contributed by atoms with Crippen molar-refractivity contribution in [2.75, 3.05) is 0 Å². The van der Waals surface area contributed by atoms with Gasteiger partial charge in [-0.1, -0.05) is 23.8 Å². The van der Waals surface area contributed by atoms with Gasteiger partial charge >= 0.3 is 11.6 Å². The van der Waals surface area contributed by atoms with E-state index in [1.165, 1.54) is 5.56 Å². The third-order valence-electron chi connectivity index (χ3n) is 4.87. The predicted molar refractivity (Wildman–Crippen MR) is 104 cm³/mol. The third-order valence-corrected chi connectivity index (χ3v) is 4.87. The van der Waals surface area contributed by atoms with Crippen molar-refractivity contribution < 1.29 is 19.1 Å². The van der Waals surface area contributed by atoms with Crippen molar-refractivity contribution >= 4 is 16.9 Å². The Morgan fingerprint density at radius 3 is 2.52 bits per heavy atom. The van der Waals surface area contributed by atoms with Gasteiger partial charge in [0.25, 0.3) is 0 Å². The Morgan fingerprint density at radius 1 is 1.07 bits per heavy atom. The van der Waals surface area contributed by atoms with Gasteiger partial charge in [-0.05, 0) is 56.5 Å². The molecule has 5 nitrogen and oxygen atoms in total. The normalized spacial score (nSPS) is 11.0. The van der Waals surface area contributed by atoms with Crippen LogP contribution in [-0.2, 0) is 17.8 Å². The highest BCUT2D eigenvalue weighted by Gasteiger charge is 2.17.